The lowest BCUT2D eigenvalue weighted by atomic mass is 10.2. The summed E-state index contributed by atoms with van der Waals surface area (Å²) in [6.45, 7) is 0.529. The molecule has 0 amide bonds. The Bertz CT molecular complexity index is 349. The van der Waals surface area contributed by atoms with Crippen molar-refractivity contribution in [3.63, 3.8) is 0 Å². The van der Waals surface area contributed by atoms with Gasteiger partial charge in [-0.05, 0) is 37.0 Å². The first kappa shape index (κ1) is 14.9. The fourth-order valence-electron chi connectivity index (χ4n) is 1.61. The monoisotopic (exact) mass is 259 g/mol. The molecule has 102 valence electrons. The van der Waals surface area contributed by atoms with Crippen molar-refractivity contribution in [1.29, 1.82) is 0 Å². The molecule has 5 heteroatoms. The van der Waals surface area contributed by atoms with E-state index < -0.39 is 11.6 Å². The highest BCUT2D eigenvalue weighted by Crippen LogP contribution is 2.23. The Morgan fingerprint density at radius 2 is 1.67 bits per heavy atom. The highest BCUT2D eigenvalue weighted by atomic mass is 19.1. The van der Waals surface area contributed by atoms with Gasteiger partial charge in [0.05, 0.1) is 6.61 Å². The van der Waals surface area contributed by atoms with E-state index in [1.54, 1.807) is 0 Å². The maximum atomic E-state index is 13.5. The first-order chi connectivity index (χ1) is 8.69. The summed E-state index contributed by atoms with van der Waals surface area (Å²) in [6, 6.07) is 2.37. The molecular weight excluding hydrogens is 240 g/mol. The van der Waals surface area contributed by atoms with E-state index in [-0.39, 0.29) is 25.5 Å². The van der Waals surface area contributed by atoms with Crippen molar-refractivity contribution in [2.24, 2.45) is 5.73 Å². The third-order valence-electron chi connectivity index (χ3n) is 2.59. The van der Waals surface area contributed by atoms with E-state index in [4.69, 9.17) is 15.6 Å². The lowest BCUT2D eigenvalue weighted by molar-refractivity contribution is 0.263. The first-order valence-electron chi connectivity index (χ1n) is 6.10. The van der Waals surface area contributed by atoms with Crippen molar-refractivity contribution >= 4 is 0 Å². The van der Waals surface area contributed by atoms with E-state index in [1.807, 2.05) is 0 Å². The predicted octanol–water partition coefficient (Wildman–Crippen LogP) is 2.36. The zero-order valence-electron chi connectivity index (χ0n) is 10.3. The second-order valence-electron chi connectivity index (χ2n) is 4.08. The maximum absolute atomic E-state index is 13.5. The zero-order chi connectivity index (χ0) is 13.4. The fourth-order valence-corrected chi connectivity index (χ4v) is 1.61. The highest BCUT2D eigenvalue weighted by molar-refractivity contribution is 5.31. The third-order valence-corrected chi connectivity index (χ3v) is 2.59. The van der Waals surface area contributed by atoms with Crippen molar-refractivity contribution in [2.75, 3.05) is 13.2 Å². The minimum absolute atomic E-state index is 0.0925. The lowest BCUT2D eigenvalue weighted by Gasteiger charge is -2.09. The number of rotatable bonds is 8. The topological polar surface area (TPSA) is 55.5 Å². The summed E-state index contributed by atoms with van der Waals surface area (Å²) in [4.78, 5) is 0. The summed E-state index contributed by atoms with van der Waals surface area (Å²) in [5, 5.41) is 8.58. The van der Waals surface area contributed by atoms with Crippen molar-refractivity contribution in [3.05, 3.63) is 29.3 Å². The van der Waals surface area contributed by atoms with Crippen molar-refractivity contribution in [3.8, 4) is 5.75 Å². The van der Waals surface area contributed by atoms with Crippen molar-refractivity contribution in [2.45, 2.75) is 32.2 Å². The van der Waals surface area contributed by atoms with Crippen LogP contribution in [0.4, 0.5) is 8.78 Å². The molecule has 0 aromatic heterocycles. The Balaban J connectivity index is 2.42. The highest BCUT2D eigenvalue weighted by Gasteiger charge is 2.11. The quantitative estimate of drug-likeness (QED) is 0.705. The van der Waals surface area contributed by atoms with E-state index in [2.05, 4.69) is 0 Å². The Morgan fingerprint density at radius 1 is 1.06 bits per heavy atom. The van der Waals surface area contributed by atoms with Gasteiger partial charge in [0.15, 0.2) is 17.4 Å². The molecule has 3 N–H and O–H groups in total. The Hall–Kier alpha value is -1.20. The van der Waals surface area contributed by atoms with Crippen molar-refractivity contribution < 1.29 is 18.6 Å². The van der Waals surface area contributed by atoms with Gasteiger partial charge in [0, 0.05) is 13.2 Å². The average molecular weight is 259 g/mol. The molecule has 18 heavy (non-hydrogen) atoms. The van der Waals surface area contributed by atoms with Crippen LogP contribution in [0.5, 0.6) is 5.75 Å². The summed E-state index contributed by atoms with van der Waals surface area (Å²) in [6.07, 6.45) is 3.20. The standard InChI is InChI=1S/C13H19F2NO2/c14-11-7-10(9-16)8-12(15)13(11)18-6-4-2-1-3-5-17/h7-8,17H,1-6,9,16H2. The number of aliphatic hydroxyl groups is 1. The molecule has 0 saturated heterocycles. The number of hydrogen-bond donors (Lipinski definition) is 2. The van der Waals surface area contributed by atoms with Crippen LogP contribution in [0.1, 0.15) is 31.2 Å². The predicted molar refractivity (Wildman–Crippen MR) is 65.3 cm³/mol. The summed E-state index contributed by atoms with van der Waals surface area (Å²) in [7, 11) is 0. The van der Waals surface area contributed by atoms with E-state index >= 15 is 0 Å². The van der Waals surface area contributed by atoms with Gasteiger partial charge in [-0.25, -0.2) is 8.78 Å². The minimum Gasteiger partial charge on any atom is -0.488 e. The molecule has 0 aliphatic rings. The van der Waals surface area contributed by atoms with Crippen LogP contribution in [0.2, 0.25) is 0 Å². The SMILES string of the molecule is NCc1cc(F)c(OCCCCCCO)c(F)c1. The largest absolute Gasteiger partial charge is 0.488 e. The number of benzene rings is 1. The molecule has 0 aliphatic heterocycles. The minimum atomic E-state index is -0.717. The number of nitrogens with two attached hydrogens (primary N) is 1. The zero-order valence-corrected chi connectivity index (χ0v) is 10.3. The Kier molecular flexibility index (Phi) is 6.60. The summed E-state index contributed by atoms with van der Waals surface area (Å²) in [5.41, 5.74) is 5.71. The molecule has 0 saturated carbocycles. The molecule has 1 aromatic carbocycles. The molecule has 0 spiro atoms. The summed E-state index contributed by atoms with van der Waals surface area (Å²) in [5.74, 6) is -1.77. The van der Waals surface area contributed by atoms with Gasteiger partial charge in [-0.3, -0.25) is 0 Å². The third kappa shape index (κ3) is 4.58. The van der Waals surface area contributed by atoms with Gasteiger partial charge in [-0.15, -0.1) is 0 Å². The van der Waals surface area contributed by atoms with Crippen LogP contribution in [0.15, 0.2) is 12.1 Å². The van der Waals surface area contributed by atoms with E-state index in [9.17, 15) is 8.78 Å². The van der Waals surface area contributed by atoms with Gasteiger partial charge in [-0.1, -0.05) is 6.42 Å². The molecule has 0 bridgehead atoms. The fraction of sp³-hybridized carbons (Fsp3) is 0.538. The van der Waals surface area contributed by atoms with E-state index in [0.29, 0.717) is 12.0 Å². The van der Waals surface area contributed by atoms with Crippen LogP contribution in [0, 0.1) is 11.6 Å². The van der Waals surface area contributed by atoms with Gasteiger partial charge in [0.25, 0.3) is 0 Å². The molecule has 0 unspecified atom stereocenters. The van der Waals surface area contributed by atoms with Crippen LogP contribution in [0.25, 0.3) is 0 Å². The average Bonchev–Trinajstić information content (AvgIpc) is 2.35. The number of aliphatic hydroxyl groups excluding tert-OH is 1. The van der Waals surface area contributed by atoms with Crippen LogP contribution < -0.4 is 10.5 Å². The molecule has 1 aromatic rings. The second-order valence-corrected chi connectivity index (χ2v) is 4.08. The van der Waals surface area contributed by atoms with Gasteiger partial charge >= 0.3 is 0 Å². The molecule has 0 heterocycles. The van der Waals surface area contributed by atoms with Crippen molar-refractivity contribution in [1.82, 2.24) is 0 Å². The molecule has 0 radical (unpaired) electrons. The molecular formula is C13H19F2NO2. The number of unbranched alkanes of at least 4 members (excludes halogenated alkanes) is 3. The summed E-state index contributed by atoms with van der Waals surface area (Å²) >= 11 is 0. The van der Waals surface area contributed by atoms with Gasteiger partial charge in [0.1, 0.15) is 0 Å². The van der Waals surface area contributed by atoms with Gasteiger partial charge in [-0.2, -0.15) is 0 Å². The smallest absolute Gasteiger partial charge is 0.190 e. The van der Waals surface area contributed by atoms with Crippen LogP contribution >= 0.6 is 0 Å². The second kappa shape index (κ2) is 8.00. The van der Waals surface area contributed by atoms with Gasteiger partial charge in [0.2, 0.25) is 0 Å². The van der Waals surface area contributed by atoms with E-state index in [1.165, 1.54) is 12.1 Å². The number of halogens is 2. The van der Waals surface area contributed by atoms with Crippen LogP contribution in [0.3, 0.4) is 0 Å². The molecule has 0 aliphatic carbocycles. The molecule has 0 fully saturated rings. The Morgan fingerprint density at radius 3 is 2.22 bits per heavy atom. The van der Waals surface area contributed by atoms with Crippen LogP contribution in [-0.4, -0.2) is 18.3 Å². The van der Waals surface area contributed by atoms with Gasteiger partial charge < -0.3 is 15.6 Å². The first-order valence-corrected chi connectivity index (χ1v) is 6.10. The lowest BCUT2D eigenvalue weighted by Crippen LogP contribution is -2.04. The molecule has 0 atom stereocenters. The number of hydrogen-bond acceptors (Lipinski definition) is 3. The number of ether oxygens (including phenoxy) is 1. The maximum Gasteiger partial charge on any atom is 0.190 e. The normalized spacial score (nSPS) is 10.7. The van der Waals surface area contributed by atoms with E-state index in [0.717, 1.165) is 19.3 Å². The molecule has 3 nitrogen and oxygen atoms in total. The molecule has 1 rings (SSSR count). The summed E-state index contributed by atoms with van der Waals surface area (Å²) < 4.78 is 32.0. The van der Waals surface area contributed by atoms with Crippen LogP contribution in [-0.2, 0) is 6.54 Å². The Labute approximate surface area is 106 Å².